The predicted molar refractivity (Wildman–Crippen MR) is 67.9 cm³/mol. The van der Waals surface area contributed by atoms with E-state index >= 15 is 0 Å². The molecule has 1 aromatic rings. The maximum atomic E-state index is 12.1. The third-order valence-electron chi connectivity index (χ3n) is 3.15. The van der Waals surface area contributed by atoms with Gasteiger partial charge in [0.25, 0.3) is 5.91 Å². The summed E-state index contributed by atoms with van der Waals surface area (Å²) in [5.74, 6) is -2.00. The quantitative estimate of drug-likeness (QED) is 0.632. The molecule has 2 rings (SSSR count). The molecule has 0 unspecified atom stereocenters. The smallest absolute Gasteiger partial charge is 0.433 e. The molecule has 1 aromatic heterocycles. The van der Waals surface area contributed by atoms with Crippen LogP contribution >= 0.6 is 0 Å². The number of carboxylic acids is 1. The van der Waals surface area contributed by atoms with Crippen LogP contribution in [0.1, 0.15) is 23.4 Å². The third-order valence-corrected chi connectivity index (χ3v) is 3.15. The first-order valence-corrected chi connectivity index (χ1v) is 6.34. The molecular weight excluding hydrogens is 284 g/mol. The predicted octanol–water partition coefficient (Wildman–Crippen LogP) is 0.894. The highest BCUT2D eigenvalue weighted by Gasteiger charge is 2.27. The van der Waals surface area contributed by atoms with Gasteiger partial charge in [-0.1, -0.05) is 0 Å². The van der Waals surface area contributed by atoms with Crippen LogP contribution in [0.25, 0.3) is 0 Å². The van der Waals surface area contributed by atoms with Crippen molar-refractivity contribution in [3.63, 3.8) is 0 Å². The van der Waals surface area contributed by atoms with E-state index in [1.807, 2.05) is 0 Å². The fourth-order valence-corrected chi connectivity index (χ4v) is 2.11. The maximum Gasteiger partial charge on any atom is 0.433 e. The Kier molecular flexibility index (Phi) is 4.53. The fourth-order valence-electron chi connectivity index (χ4n) is 2.11. The molecule has 9 nitrogen and oxygen atoms in total. The van der Waals surface area contributed by atoms with Crippen LogP contribution in [-0.4, -0.2) is 52.6 Å². The van der Waals surface area contributed by atoms with Crippen molar-refractivity contribution in [1.82, 2.24) is 4.90 Å². The number of amides is 1. The van der Waals surface area contributed by atoms with Crippen LogP contribution in [0.3, 0.4) is 0 Å². The van der Waals surface area contributed by atoms with Gasteiger partial charge in [0, 0.05) is 13.1 Å². The van der Waals surface area contributed by atoms with Gasteiger partial charge in [-0.05, 0) is 18.9 Å². The zero-order valence-electron chi connectivity index (χ0n) is 11.1. The Hall–Kier alpha value is -2.42. The number of nitrogens with zero attached hydrogens (tertiary/aromatic N) is 2. The van der Waals surface area contributed by atoms with E-state index in [1.165, 1.54) is 11.0 Å². The fraction of sp³-hybridized carbons (Fsp3) is 0.500. The van der Waals surface area contributed by atoms with Crippen LogP contribution in [-0.2, 0) is 9.53 Å². The Bertz CT molecular complexity index is 546. The van der Waals surface area contributed by atoms with Gasteiger partial charge in [0.05, 0.1) is 12.2 Å². The molecule has 21 heavy (non-hydrogen) atoms. The van der Waals surface area contributed by atoms with E-state index in [9.17, 15) is 19.7 Å². The van der Waals surface area contributed by atoms with Gasteiger partial charge in [0.2, 0.25) is 0 Å². The summed E-state index contributed by atoms with van der Waals surface area (Å²) in [6.45, 7) is 0.415. The summed E-state index contributed by atoms with van der Waals surface area (Å²) in [5, 5.41) is 19.0. The number of carboxylic acid groups (broad SMARTS) is 1. The number of carbonyl (C=O) groups is 2. The highest BCUT2D eigenvalue weighted by molar-refractivity contribution is 5.91. The third kappa shape index (κ3) is 3.78. The molecule has 0 atom stereocenters. The molecular formula is C12H14N2O7. The van der Waals surface area contributed by atoms with Gasteiger partial charge in [0.1, 0.15) is 11.5 Å². The standard InChI is InChI=1S/C12H14N2O7/c15-11(16)7-20-8-3-5-13(6-4-8)12(17)9-1-2-10(21-9)14(18)19/h1-2,8H,3-7H2,(H,15,16). The highest BCUT2D eigenvalue weighted by Crippen LogP contribution is 2.20. The number of hydrogen-bond acceptors (Lipinski definition) is 6. The van der Waals surface area contributed by atoms with Crippen molar-refractivity contribution < 1.29 is 28.8 Å². The number of furan rings is 1. The van der Waals surface area contributed by atoms with Crippen molar-refractivity contribution in [2.75, 3.05) is 19.7 Å². The van der Waals surface area contributed by atoms with E-state index in [-0.39, 0.29) is 18.5 Å². The summed E-state index contributed by atoms with van der Waals surface area (Å²) in [7, 11) is 0. The van der Waals surface area contributed by atoms with Crippen molar-refractivity contribution in [2.45, 2.75) is 18.9 Å². The number of carbonyl (C=O) groups excluding carboxylic acids is 1. The number of likely N-dealkylation sites (tertiary alicyclic amines) is 1. The largest absolute Gasteiger partial charge is 0.480 e. The van der Waals surface area contributed by atoms with Crippen molar-refractivity contribution >= 4 is 17.8 Å². The van der Waals surface area contributed by atoms with Crippen molar-refractivity contribution in [3.05, 3.63) is 28.0 Å². The van der Waals surface area contributed by atoms with Crippen LogP contribution in [0, 0.1) is 10.1 Å². The van der Waals surface area contributed by atoms with Crippen molar-refractivity contribution in [3.8, 4) is 0 Å². The summed E-state index contributed by atoms with van der Waals surface area (Å²) in [6.07, 6.45) is 0.833. The van der Waals surface area contributed by atoms with Gasteiger partial charge in [-0.3, -0.25) is 14.9 Å². The number of nitro groups is 1. The lowest BCUT2D eigenvalue weighted by Gasteiger charge is -2.31. The number of ether oxygens (including phenoxy) is 1. The lowest BCUT2D eigenvalue weighted by molar-refractivity contribution is -0.402. The average molecular weight is 298 g/mol. The van der Waals surface area contributed by atoms with Crippen LogP contribution in [0.5, 0.6) is 0 Å². The first-order valence-electron chi connectivity index (χ1n) is 6.34. The Morgan fingerprint density at radius 2 is 2.10 bits per heavy atom. The Morgan fingerprint density at radius 1 is 1.43 bits per heavy atom. The minimum atomic E-state index is -1.03. The molecule has 0 bridgehead atoms. The minimum Gasteiger partial charge on any atom is -0.480 e. The van der Waals surface area contributed by atoms with Crippen LogP contribution < -0.4 is 0 Å². The average Bonchev–Trinajstić information content (AvgIpc) is 2.95. The van der Waals surface area contributed by atoms with Gasteiger partial charge in [-0.2, -0.15) is 0 Å². The van der Waals surface area contributed by atoms with E-state index in [4.69, 9.17) is 14.3 Å². The SMILES string of the molecule is O=C(O)COC1CCN(C(=O)c2ccc([N+](=O)[O-])o2)CC1. The molecule has 1 aliphatic rings. The lowest BCUT2D eigenvalue weighted by atomic mass is 10.1. The molecule has 0 spiro atoms. The molecule has 0 aromatic carbocycles. The minimum absolute atomic E-state index is 0.0772. The van der Waals surface area contributed by atoms with E-state index in [0.717, 1.165) is 6.07 Å². The normalized spacial score (nSPS) is 15.9. The molecule has 0 aliphatic carbocycles. The summed E-state index contributed by atoms with van der Waals surface area (Å²) >= 11 is 0. The summed E-state index contributed by atoms with van der Waals surface area (Å²) in [5.41, 5.74) is 0. The lowest BCUT2D eigenvalue weighted by Crippen LogP contribution is -2.41. The van der Waals surface area contributed by atoms with E-state index in [2.05, 4.69) is 0 Å². The zero-order valence-corrected chi connectivity index (χ0v) is 11.1. The molecule has 0 saturated carbocycles. The van der Waals surface area contributed by atoms with Crippen molar-refractivity contribution in [2.24, 2.45) is 0 Å². The van der Waals surface area contributed by atoms with E-state index in [1.54, 1.807) is 0 Å². The summed E-state index contributed by atoms with van der Waals surface area (Å²) in [4.78, 5) is 33.8. The van der Waals surface area contributed by atoms with Gasteiger partial charge < -0.3 is 19.2 Å². The molecule has 1 N–H and O–H groups in total. The highest BCUT2D eigenvalue weighted by atomic mass is 16.6. The first-order chi connectivity index (χ1) is 9.97. The molecule has 1 amide bonds. The molecule has 2 heterocycles. The zero-order chi connectivity index (χ0) is 15.4. The monoisotopic (exact) mass is 298 g/mol. The molecule has 0 radical (unpaired) electrons. The second-order valence-electron chi connectivity index (χ2n) is 4.59. The van der Waals surface area contributed by atoms with E-state index < -0.39 is 22.7 Å². The maximum absolute atomic E-state index is 12.1. The number of rotatable bonds is 5. The Labute approximate surface area is 119 Å². The second kappa shape index (κ2) is 6.35. The number of aliphatic carboxylic acids is 1. The molecule has 1 aliphatic heterocycles. The summed E-state index contributed by atoms with van der Waals surface area (Å²) in [6, 6.07) is 2.41. The number of hydrogen-bond donors (Lipinski definition) is 1. The second-order valence-corrected chi connectivity index (χ2v) is 4.59. The Morgan fingerprint density at radius 3 is 2.62 bits per heavy atom. The first kappa shape index (κ1) is 15.0. The molecule has 9 heteroatoms. The van der Waals surface area contributed by atoms with Gasteiger partial charge >= 0.3 is 11.9 Å². The molecule has 114 valence electrons. The molecule has 1 saturated heterocycles. The van der Waals surface area contributed by atoms with Gasteiger partial charge in [-0.25, -0.2) is 4.79 Å². The van der Waals surface area contributed by atoms with Gasteiger partial charge in [0.15, 0.2) is 5.76 Å². The summed E-state index contributed by atoms with van der Waals surface area (Å²) < 4.78 is 10.0. The Balaban J connectivity index is 1.87. The van der Waals surface area contributed by atoms with E-state index in [0.29, 0.717) is 25.9 Å². The van der Waals surface area contributed by atoms with Gasteiger partial charge in [-0.15, -0.1) is 0 Å². The van der Waals surface area contributed by atoms with Crippen molar-refractivity contribution in [1.29, 1.82) is 0 Å². The number of piperidine rings is 1. The topological polar surface area (TPSA) is 123 Å². The van der Waals surface area contributed by atoms with Crippen LogP contribution in [0.2, 0.25) is 0 Å². The molecule has 1 fully saturated rings. The van der Waals surface area contributed by atoms with Crippen LogP contribution in [0.4, 0.5) is 5.88 Å². The van der Waals surface area contributed by atoms with Crippen LogP contribution in [0.15, 0.2) is 16.5 Å².